The summed E-state index contributed by atoms with van der Waals surface area (Å²) in [7, 11) is -3.45. The number of pyridine rings is 1. The van der Waals surface area contributed by atoms with Crippen LogP contribution in [0.5, 0.6) is 0 Å². The summed E-state index contributed by atoms with van der Waals surface area (Å²) in [5.41, 5.74) is 2.49. The average molecular weight is 370 g/mol. The molecule has 3 aromatic rings. The van der Waals surface area contributed by atoms with Gasteiger partial charge in [-0.3, -0.25) is 9.55 Å². The van der Waals surface area contributed by atoms with Crippen LogP contribution in [-0.4, -0.2) is 18.2 Å². The van der Waals surface area contributed by atoms with E-state index in [9.17, 15) is 4.57 Å². The van der Waals surface area contributed by atoms with Crippen LogP contribution in [-0.2, 0) is 13.6 Å². The number of anilines is 1. The maximum Gasteiger partial charge on any atom is 0.357 e. The van der Waals surface area contributed by atoms with Gasteiger partial charge in [-0.05, 0) is 38.1 Å². The maximum absolute atomic E-state index is 13.5. The summed E-state index contributed by atoms with van der Waals surface area (Å²) in [6.07, 6.45) is 1.73. The lowest BCUT2D eigenvalue weighted by Crippen LogP contribution is -2.15. The number of fused-ring (bicyclic) bond motifs is 1. The molecule has 1 atom stereocenters. The van der Waals surface area contributed by atoms with Gasteiger partial charge in [-0.1, -0.05) is 36.4 Å². The largest absolute Gasteiger partial charge is 0.368 e. The molecule has 2 aromatic carbocycles. The van der Waals surface area contributed by atoms with E-state index >= 15 is 0 Å². The van der Waals surface area contributed by atoms with E-state index in [0.29, 0.717) is 13.2 Å². The normalized spacial score (nSPS) is 12.8. The number of nitrogens with zero attached hydrogens (tertiary/aromatic N) is 1. The zero-order chi connectivity index (χ0) is 18.4. The Morgan fingerprint density at radius 1 is 1.00 bits per heavy atom. The van der Waals surface area contributed by atoms with Crippen molar-refractivity contribution in [3.8, 4) is 0 Å². The van der Waals surface area contributed by atoms with Crippen LogP contribution in [0.1, 0.15) is 25.2 Å². The van der Waals surface area contributed by atoms with Gasteiger partial charge in [0.25, 0.3) is 0 Å². The van der Waals surface area contributed by atoms with E-state index in [0.717, 1.165) is 22.2 Å². The number of nitrogens with one attached hydrogen (secondary N) is 1. The summed E-state index contributed by atoms with van der Waals surface area (Å²) < 4.78 is 24.7. The van der Waals surface area contributed by atoms with E-state index in [-0.39, 0.29) is 0 Å². The van der Waals surface area contributed by atoms with Crippen LogP contribution in [0.15, 0.2) is 66.9 Å². The molecule has 0 aliphatic heterocycles. The van der Waals surface area contributed by atoms with Crippen LogP contribution in [0.2, 0.25) is 0 Å². The molecular weight excluding hydrogens is 347 g/mol. The van der Waals surface area contributed by atoms with E-state index in [1.54, 1.807) is 6.20 Å². The highest BCUT2D eigenvalue weighted by Gasteiger charge is 2.37. The van der Waals surface area contributed by atoms with Gasteiger partial charge in [0.15, 0.2) is 5.78 Å². The Bertz CT molecular complexity index is 892. The minimum Gasteiger partial charge on any atom is -0.368 e. The molecule has 0 aliphatic carbocycles. The Kier molecular flexibility index (Phi) is 6.04. The second-order valence-corrected chi connectivity index (χ2v) is 7.86. The van der Waals surface area contributed by atoms with Crippen molar-refractivity contribution in [2.24, 2.45) is 0 Å². The van der Waals surface area contributed by atoms with Gasteiger partial charge in [-0.15, -0.1) is 0 Å². The standard InChI is InChI=1S/C20H23N2O3P/c1-3-24-26(23,25-4-2)20(22-18-11-6-5-7-12-18)17-14-16-10-8-9-13-19(16)21-15-17/h5-15,20,22H,3-4H2,1-2H3. The van der Waals surface area contributed by atoms with E-state index in [4.69, 9.17) is 9.05 Å². The van der Waals surface area contributed by atoms with Crippen molar-refractivity contribution in [2.45, 2.75) is 19.6 Å². The van der Waals surface area contributed by atoms with Gasteiger partial charge in [0.2, 0.25) is 0 Å². The van der Waals surface area contributed by atoms with Gasteiger partial charge < -0.3 is 14.4 Å². The Morgan fingerprint density at radius 2 is 1.65 bits per heavy atom. The van der Waals surface area contributed by atoms with E-state index in [1.807, 2.05) is 74.5 Å². The molecule has 0 saturated heterocycles. The van der Waals surface area contributed by atoms with Gasteiger partial charge in [-0.2, -0.15) is 0 Å². The van der Waals surface area contributed by atoms with Crippen LogP contribution < -0.4 is 5.32 Å². The number of rotatable bonds is 8. The second kappa shape index (κ2) is 8.45. The quantitative estimate of drug-likeness (QED) is 0.522. The summed E-state index contributed by atoms with van der Waals surface area (Å²) in [4.78, 5) is 4.51. The first-order valence-electron chi connectivity index (χ1n) is 8.71. The molecule has 3 rings (SSSR count). The van der Waals surface area contributed by atoms with Crippen molar-refractivity contribution in [2.75, 3.05) is 18.5 Å². The third kappa shape index (κ3) is 4.13. The lowest BCUT2D eigenvalue weighted by Gasteiger charge is -2.28. The Balaban J connectivity index is 2.06. The van der Waals surface area contributed by atoms with Gasteiger partial charge in [-0.25, -0.2) is 0 Å². The first-order valence-corrected chi connectivity index (χ1v) is 10.3. The van der Waals surface area contributed by atoms with Crippen molar-refractivity contribution in [1.29, 1.82) is 0 Å². The molecule has 0 bridgehead atoms. The summed E-state index contributed by atoms with van der Waals surface area (Å²) in [5, 5.41) is 4.29. The lowest BCUT2D eigenvalue weighted by atomic mass is 10.1. The third-order valence-electron chi connectivity index (χ3n) is 3.94. The summed E-state index contributed by atoms with van der Waals surface area (Å²) in [6, 6.07) is 19.4. The van der Waals surface area contributed by atoms with Crippen LogP contribution in [0, 0.1) is 0 Å². The maximum atomic E-state index is 13.5. The van der Waals surface area contributed by atoms with Gasteiger partial charge in [0, 0.05) is 22.8 Å². The fourth-order valence-corrected chi connectivity index (χ4v) is 4.73. The van der Waals surface area contributed by atoms with Gasteiger partial charge >= 0.3 is 7.60 Å². The van der Waals surface area contributed by atoms with E-state index in [2.05, 4.69) is 10.3 Å². The van der Waals surface area contributed by atoms with Crippen molar-refractivity contribution in [3.63, 3.8) is 0 Å². The minimum atomic E-state index is -3.45. The molecule has 26 heavy (non-hydrogen) atoms. The van der Waals surface area contributed by atoms with Gasteiger partial charge in [0.05, 0.1) is 18.7 Å². The summed E-state index contributed by atoms with van der Waals surface area (Å²) in [6.45, 7) is 4.21. The average Bonchev–Trinajstić information content (AvgIpc) is 2.67. The predicted molar refractivity (Wildman–Crippen MR) is 105 cm³/mol. The molecule has 1 aromatic heterocycles. The Morgan fingerprint density at radius 3 is 2.35 bits per heavy atom. The molecule has 1 heterocycles. The number of benzene rings is 2. The van der Waals surface area contributed by atoms with E-state index in [1.165, 1.54) is 0 Å². The molecule has 1 unspecified atom stereocenters. The topological polar surface area (TPSA) is 60.5 Å². The minimum absolute atomic E-state index is 0.297. The predicted octanol–water partition coefficient (Wildman–Crippen LogP) is 5.61. The molecule has 0 amide bonds. The monoisotopic (exact) mass is 370 g/mol. The summed E-state index contributed by atoms with van der Waals surface area (Å²) >= 11 is 0. The molecule has 6 heteroatoms. The van der Waals surface area contributed by atoms with Crippen LogP contribution >= 0.6 is 7.60 Å². The van der Waals surface area contributed by atoms with Crippen LogP contribution in [0.25, 0.3) is 10.9 Å². The fourth-order valence-electron chi connectivity index (χ4n) is 2.82. The molecule has 1 N–H and O–H groups in total. The smallest absolute Gasteiger partial charge is 0.357 e. The molecule has 0 aliphatic rings. The lowest BCUT2D eigenvalue weighted by molar-refractivity contribution is 0.214. The first-order chi connectivity index (χ1) is 12.7. The molecule has 0 radical (unpaired) electrons. The fraction of sp³-hybridized carbons (Fsp3) is 0.250. The van der Waals surface area contributed by atoms with Crippen molar-refractivity contribution in [3.05, 3.63) is 72.4 Å². The second-order valence-electron chi connectivity index (χ2n) is 5.75. The molecule has 0 spiro atoms. The zero-order valence-corrected chi connectivity index (χ0v) is 15.9. The van der Waals surface area contributed by atoms with Crippen molar-refractivity contribution in [1.82, 2.24) is 4.98 Å². The number of hydrogen-bond acceptors (Lipinski definition) is 5. The molecular formula is C20H23N2O3P. The number of aromatic nitrogens is 1. The highest BCUT2D eigenvalue weighted by atomic mass is 31.2. The summed E-state index contributed by atoms with van der Waals surface area (Å²) in [5.74, 6) is -0.651. The SMILES string of the molecule is CCOP(=O)(OCC)C(Nc1ccccc1)c1cnc2ccccc2c1. The molecule has 5 nitrogen and oxygen atoms in total. The third-order valence-corrected chi connectivity index (χ3v) is 6.23. The van der Waals surface area contributed by atoms with Crippen LogP contribution in [0.3, 0.4) is 0 Å². The number of hydrogen-bond donors (Lipinski definition) is 1. The molecule has 136 valence electrons. The Hall–Kier alpha value is -2.20. The van der Waals surface area contributed by atoms with Crippen LogP contribution in [0.4, 0.5) is 5.69 Å². The Labute approximate surface area is 153 Å². The molecule has 0 saturated carbocycles. The van der Waals surface area contributed by atoms with E-state index < -0.39 is 13.4 Å². The van der Waals surface area contributed by atoms with Crippen molar-refractivity contribution >= 4 is 24.2 Å². The highest BCUT2D eigenvalue weighted by Crippen LogP contribution is 2.60. The zero-order valence-electron chi connectivity index (χ0n) is 15.0. The van der Waals surface area contributed by atoms with Crippen molar-refractivity contribution < 1.29 is 13.6 Å². The first kappa shape index (κ1) is 18.6. The number of para-hydroxylation sites is 2. The van der Waals surface area contributed by atoms with Gasteiger partial charge in [0.1, 0.15) is 0 Å². The highest BCUT2D eigenvalue weighted by molar-refractivity contribution is 7.54. The molecule has 0 fully saturated rings.